The van der Waals surface area contributed by atoms with Crippen LogP contribution >= 0.6 is 11.6 Å². The van der Waals surface area contributed by atoms with Crippen molar-refractivity contribution in [2.24, 2.45) is 5.84 Å². The first-order valence-corrected chi connectivity index (χ1v) is 7.68. The normalized spacial score (nSPS) is 13.3. The van der Waals surface area contributed by atoms with Gasteiger partial charge in [0.15, 0.2) is 0 Å². The topological polar surface area (TPSA) is 38.0 Å². The average molecular weight is 355 g/mol. The zero-order chi connectivity index (χ0) is 17.9. The van der Waals surface area contributed by atoms with E-state index in [2.05, 4.69) is 5.43 Å². The van der Waals surface area contributed by atoms with Gasteiger partial charge in [-0.25, -0.2) is 0 Å². The van der Waals surface area contributed by atoms with E-state index in [1.54, 1.807) is 38.1 Å². The van der Waals surface area contributed by atoms with Gasteiger partial charge in [-0.3, -0.25) is 5.84 Å². The van der Waals surface area contributed by atoms with E-state index < -0.39 is 12.1 Å². The standard InChI is InChI=1S/C18H18ClF3N2/c1-11-9-14(10-17(19)12(11)2)16(18(20,21)22)8-5-13-3-6-15(24-23)7-4-13/h3-10,16,24H,23H2,1-2H3/b8-5+. The van der Waals surface area contributed by atoms with Crippen molar-refractivity contribution in [3.8, 4) is 0 Å². The molecule has 2 aromatic carbocycles. The van der Waals surface area contributed by atoms with Crippen LogP contribution in [0.3, 0.4) is 0 Å². The molecule has 1 atom stereocenters. The molecule has 0 spiro atoms. The molecule has 1 unspecified atom stereocenters. The second-order valence-corrected chi connectivity index (χ2v) is 6.00. The van der Waals surface area contributed by atoms with E-state index in [1.807, 2.05) is 0 Å². The third-order valence-corrected chi connectivity index (χ3v) is 4.29. The molecule has 3 N–H and O–H groups in total. The van der Waals surface area contributed by atoms with E-state index >= 15 is 0 Å². The molecule has 0 amide bonds. The molecule has 24 heavy (non-hydrogen) atoms. The summed E-state index contributed by atoms with van der Waals surface area (Å²) in [5, 5.41) is 0.339. The lowest BCUT2D eigenvalue weighted by Gasteiger charge is -2.19. The summed E-state index contributed by atoms with van der Waals surface area (Å²) < 4.78 is 40.4. The number of anilines is 1. The fourth-order valence-corrected chi connectivity index (χ4v) is 2.60. The van der Waals surface area contributed by atoms with Gasteiger partial charge in [-0.2, -0.15) is 13.2 Å². The van der Waals surface area contributed by atoms with Crippen molar-refractivity contribution in [1.82, 2.24) is 0 Å². The van der Waals surface area contributed by atoms with Gasteiger partial charge in [0.25, 0.3) is 0 Å². The average Bonchev–Trinajstić information content (AvgIpc) is 2.52. The van der Waals surface area contributed by atoms with Crippen molar-refractivity contribution in [3.63, 3.8) is 0 Å². The van der Waals surface area contributed by atoms with Gasteiger partial charge >= 0.3 is 6.18 Å². The highest BCUT2D eigenvalue weighted by atomic mass is 35.5. The fraction of sp³-hybridized carbons (Fsp3) is 0.222. The number of aryl methyl sites for hydroxylation is 1. The minimum absolute atomic E-state index is 0.132. The number of halogens is 4. The van der Waals surface area contributed by atoms with Crippen LogP contribution in [-0.2, 0) is 0 Å². The van der Waals surface area contributed by atoms with Crippen molar-refractivity contribution in [2.45, 2.75) is 25.9 Å². The molecule has 0 heterocycles. The zero-order valence-corrected chi connectivity index (χ0v) is 14.0. The minimum Gasteiger partial charge on any atom is -0.324 e. The summed E-state index contributed by atoms with van der Waals surface area (Å²) in [4.78, 5) is 0. The maximum absolute atomic E-state index is 13.5. The Morgan fingerprint density at radius 1 is 1.12 bits per heavy atom. The number of alkyl halides is 3. The summed E-state index contributed by atoms with van der Waals surface area (Å²) in [5.41, 5.74) is 5.45. The molecular weight excluding hydrogens is 337 g/mol. The molecule has 2 rings (SSSR count). The Labute approximate surface area is 144 Å². The van der Waals surface area contributed by atoms with Crippen LogP contribution in [0.15, 0.2) is 42.5 Å². The molecule has 2 aromatic rings. The number of hydrogen-bond donors (Lipinski definition) is 2. The van der Waals surface area contributed by atoms with Crippen LogP contribution in [0.4, 0.5) is 18.9 Å². The van der Waals surface area contributed by atoms with Crippen molar-refractivity contribution in [2.75, 3.05) is 5.43 Å². The predicted molar refractivity (Wildman–Crippen MR) is 93.0 cm³/mol. The number of nitrogen functional groups attached to an aromatic ring is 1. The molecular formula is C18H18ClF3N2. The Balaban J connectivity index is 2.37. The molecule has 0 radical (unpaired) electrons. The van der Waals surface area contributed by atoms with Gasteiger partial charge in [0.2, 0.25) is 0 Å². The number of hydrazine groups is 1. The lowest BCUT2D eigenvalue weighted by Crippen LogP contribution is -2.19. The van der Waals surface area contributed by atoms with E-state index in [9.17, 15) is 13.2 Å². The summed E-state index contributed by atoms with van der Waals surface area (Å²) in [6.45, 7) is 3.54. The highest BCUT2D eigenvalue weighted by molar-refractivity contribution is 6.31. The van der Waals surface area contributed by atoms with Crippen LogP contribution in [0.2, 0.25) is 5.02 Å². The molecule has 0 aromatic heterocycles. The Hall–Kier alpha value is -1.98. The van der Waals surface area contributed by atoms with Crippen molar-refractivity contribution in [3.05, 3.63) is 69.8 Å². The molecule has 128 valence electrons. The second kappa shape index (κ2) is 7.28. The number of allylic oxidation sites excluding steroid dienone is 1. The number of nitrogens with two attached hydrogens (primary N) is 1. The summed E-state index contributed by atoms with van der Waals surface area (Å²) in [6.07, 6.45) is -1.81. The zero-order valence-electron chi connectivity index (χ0n) is 13.3. The number of rotatable bonds is 4. The van der Waals surface area contributed by atoms with Gasteiger partial charge in [-0.1, -0.05) is 42.0 Å². The Morgan fingerprint density at radius 2 is 1.75 bits per heavy atom. The summed E-state index contributed by atoms with van der Waals surface area (Å²) in [7, 11) is 0. The Morgan fingerprint density at radius 3 is 2.25 bits per heavy atom. The highest BCUT2D eigenvalue weighted by Crippen LogP contribution is 2.38. The molecule has 6 heteroatoms. The Kier molecular flexibility index (Phi) is 5.57. The van der Waals surface area contributed by atoms with E-state index in [-0.39, 0.29) is 5.56 Å². The van der Waals surface area contributed by atoms with Gasteiger partial charge in [-0.05, 0) is 54.3 Å². The Bertz CT molecular complexity index is 714. The molecule has 0 fully saturated rings. The van der Waals surface area contributed by atoms with E-state index in [4.69, 9.17) is 17.4 Å². The lowest BCUT2D eigenvalue weighted by atomic mass is 9.94. The van der Waals surface area contributed by atoms with Gasteiger partial charge in [-0.15, -0.1) is 0 Å². The fourth-order valence-electron chi connectivity index (χ4n) is 2.33. The quantitative estimate of drug-likeness (QED) is 0.554. The monoisotopic (exact) mass is 354 g/mol. The summed E-state index contributed by atoms with van der Waals surface area (Å²) in [6, 6.07) is 9.67. The number of nitrogens with one attached hydrogen (secondary N) is 1. The molecule has 0 aliphatic heterocycles. The summed E-state index contributed by atoms with van der Waals surface area (Å²) >= 11 is 6.05. The SMILES string of the molecule is Cc1cc(C(/C=C/c2ccc(NN)cc2)C(F)(F)F)cc(Cl)c1C. The molecule has 0 saturated heterocycles. The third kappa shape index (κ3) is 4.30. The molecule has 0 saturated carbocycles. The van der Waals surface area contributed by atoms with Gasteiger partial charge in [0, 0.05) is 10.7 Å². The van der Waals surface area contributed by atoms with Gasteiger partial charge in [0.05, 0.1) is 5.92 Å². The number of hydrogen-bond acceptors (Lipinski definition) is 2. The van der Waals surface area contributed by atoms with Crippen LogP contribution in [0, 0.1) is 13.8 Å². The second-order valence-electron chi connectivity index (χ2n) is 5.59. The predicted octanol–water partition coefficient (Wildman–Crippen LogP) is 5.60. The van der Waals surface area contributed by atoms with Crippen LogP contribution in [-0.4, -0.2) is 6.18 Å². The van der Waals surface area contributed by atoms with E-state index in [1.165, 1.54) is 18.2 Å². The first kappa shape index (κ1) is 18.4. The van der Waals surface area contributed by atoms with E-state index in [0.717, 1.165) is 17.2 Å². The first-order chi connectivity index (χ1) is 11.2. The highest BCUT2D eigenvalue weighted by Gasteiger charge is 2.39. The van der Waals surface area contributed by atoms with Gasteiger partial charge in [0.1, 0.15) is 0 Å². The minimum atomic E-state index is -4.40. The maximum Gasteiger partial charge on any atom is 0.399 e. The smallest absolute Gasteiger partial charge is 0.324 e. The van der Waals surface area contributed by atoms with Crippen molar-refractivity contribution >= 4 is 23.4 Å². The lowest BCUT2D eigenvalue weighted by molar-refractivity contribution is -0.139. The van der Waals surface area contributed by atoms with Crippen LogP contribution in [0.25, 0.3) is 6.08 Å². The van der Waals surface area contributed by atoms with Crippen LogP contribution < -0.4 is 11.3 Å². The molecule has 0 aliphatic carbocycles. The van der Waals surface area contributed by atoms with Gasteiger partial charge < -0.3 is 5.43 Å². The molecule has 0 aliphatic rings. The third-order valence-electron chi connectivity index (χ3n) is 3.90. The summed E-state index contributed by atoms with van der Waals surface area (Å²) in [5.74, 6) is 3.55. The van der Waals surface area contributed by atoms with Crippen molar-refractivity contribution < 1.29 is 13.2 Å². The maximum atomic E-state index is 13.5. The molecule has 2 nitrogen and oxygen atoms in total. The van der Waals surface area contributed by atoms with E-state index in [0.29, 0.717) is 16.3 Å². The first-order valence-electron chi connectivity index (χ1n) is 7.30. The van der Waals surface area contributed by atoms with Crippen LogP contribution in [0.1, 0.15) is 28.2 Å². The largest absolute Gasteiger partial charge is 0.399 e. The number of benzene rings is 2. The van der Waals surface area contributed by atoms with Crippen LogP contribution in [0.5, 0.6) is 0 Å². The molecule has 0 bridgehead atoms. The van der Waals surface area contributed by atoms with Crippen molar-refractivity contribution in [1.29, 1.82) is 0 Å².